The van der Waals surface area contributed by atoms with Gasteiger partial charge in [0.2, 0.25) is 0 Å². The summed E-state index contributed by atoms with van der Waals surface area (Å²) in [6, 6.07) is 0. The average molecular weight is 122 g/mol. The van der Waals surface area contributed by atoms with Crippen LogP contribution in [0.25, 0.3) is 6.08 Å². The molecule has 1 aromatic rings. The molecule has 0 N–H and O–H groups in total. The monoisotopic (exact) mass is 122 g/mol. The van der Waals surface area contributed by atoms with Crippen molar-refractivity contribution >= 4 is 6.08 Å². The van der Waals surface area contributed by atoms with E-state index in [0.717, 1.165) is 11.5 Å². The summed E-state index contributed by atoms with van der Waals surface area (Å²) in [7, 11) is 1.97. The summed E-state index contributed by atoms with van der Waals surface area (Å²) in [5.41, 5.74) is 0.940. The Morgan fingerprint density at radius 1 is 1.78 bits per heavy atom. The number of rotatable bonds is 1. The van der Waals surface area contributed by atoms with E-state index in [-0.39, 0.29) is 0 Å². The number of aromatic nitrogens is 2. The molecule has 9 heavy (non-hydrogen) atoms. The second kappa shape index (κ2) is 2.05. The molecule has 0 amide bonds. The van der Waals surface area contributed by atoms with Gasteiger partial charge in [0.25, 0.3) is 0 Å². The Hall–Kier alpha value is -1.05. The molecular weight excluding hydrogens is 112 g/mol. The highest BCUT2D eigenvalue weighted by Gasteiger charge is 1.93. The van der Waals surface area contributed by atoms with Crippen LogP contribution >= 0.6 is 0 Å². The van der Waals surface area contributed by atoms with E-state index >= 15 is 0 Å². The van der Waals surface area contributed by atoms with Crippen molar-refractivity contribution in [2.45, 2.75) is 6.92 Å². The van der Waals surface area contributed by atoms with Crippen molar-refractivity contribution in [1.29, 1.82) is 0 Å². The van der Waals surface area contributed by atoms with E-state index < -0.39 is 0 Å². The maximum atomic E-state index is 4.17. The van der Waals surface area contributed by atoms with Crippen LogP contribution in [-0.4, -0.2) is 9.55 Å². The highest BCUT2D eigenvalue weighted by atomic mass is 15.0. The molecule has 0 fully saturated rings. The molecule has 0 spiro atoms. The Balaban J connectivity index is 3.11. The number of hydrogen-bond acceptors (Lipinski definition) is 1. The topological polar surface area (TPSA) is 17.8 Å². The summed E-state index contributed by atoms with van der Waals surface area (Å²) < 4.78 is 1.97. The van der Waals surface area contributed by atoms with Gasteiger partial charge >= 0.3 is 0 Å². The maximum absolute atomic E-state index is 4.17. The van der Waals surface area contributed by atoms with Gasteiger partial charge in [0.05, 0.1) is 5.69 Å². The fraction of sp³-hybridized carbons (Fsp3) is 0.286. The zero-order chi connectivity index (χ0) is 6.85. The van der Waals surface area contributed by atoms with Gasteiger partial charge in [-0.05, 0) is 13.0 Å². The minimum absolute atomic E-state index is 0.940. The molecule has 0 atom stereocenters. The quantitative estimate of drug-likeness (QED) is 0.550. The molecule has 0 aliphatic heterocycles. The van der Waals surface area contributed by atoms with E-state index in [4.69, 9.17) is 0 Å². The van der Waals surface area contributed by atoms with Crippen molar-refractivity contribution in [3.63, 3.8) is 0 Å². The molecule has 2 heteroatoms. The van der Waals surface area contributed by atoms with Crippen LogP contribution in [0.3, 0.4) is 0 Å². The van der Waals surface area contributed by atoms with E-state index in [1.54, 1.807) is 6.08 Å². The Morgan fingerprint density at radius 3 is 2.67 bits per heavy atom. The molecule has 0 aliphatic rings. The van der Waals surface area contributed by atoms with Crippen LogP contribution < -0.4 is 0 Å². The van der Waals surface area contributed by atoms with Crippen LogP contribution in [-0.2, 0) is 7.05 Å². The zero-order valence-electron chi connectivity index (χ0n) is 5.76. The van der Waals surface area contributed by atoms with Crippen molar-refractivity contribution < 1.29 is 0 Å². The smallest absolute Gasteiger partial charge is 0.105 e. The molecule has 0 saturated heterocycles. The third-order valence-electron chi connectivity index (χ3n) is 1.34. The predicted molar refractivity (Wildman–Crippen MR) is 38.0 cm³/mol. The van der Waals surface area contributed by atoms with E-state index in [1.807, 2.05) is 24.7 Å². The molecule has 0 aromatic carbocycles. The third kappa shape index (κ3) is 1.02. The molecule has 48 valence electrons. The summed E-state index contributed by atoms with van der Waals surface area (Å²) in [5, 5.41) is 0. The fourth-order valence-electron chi connectivity index (χ4n) is 0.685. The molecular formula is C7H10N2. The molecule has 2 nitrogen and oxygen atoms in total. The summed E-state index contributed by atoms with van der Waals surface area (Å²) in [6.45, 7) is 5.57. The largest absolute Gasteiger partial charge is 0.338 e. The van der Waals surface area contributed by atoms with Crippen molar-refractivity contribution in [1.82, 2.24) is 9.55 Å². The minimum atomic E-state index is 0.940. The van der Waals surface area contributed by atoms with Crippen molar-refractivity contribution in [2.75, 3.05) is 0 Å². The minimum Gasteiger partial charge on any atom is -0.338 e. The van der Waals surface area contributed by atoms with Gasteiger partial charge in [0.15, 0.2) is 0 Å². The number of imidazole rings is 1. The van der Waals surface area contributed by atoms with Gasteiger partial charge < -0.3 is 4.57 Å². The number of aryl methyl sites for hydroxylation is 2. The summed E-state index contributed by atoms with van der Waals surface area (Å²) in [6.07, 6.45) is 3.69. The van der Waals surface area contributed by atoms with Gasteiger partial charge in [-0.25, -0.2) is 4.98 Å². The van der Waals surface area contributed by atoms with E-state index in [1.165, 1.54) is 0 Å². The predicted octanol–water partition coefficient (Wildman–Crippen LogP) is 1.37. The number of nitrogens with zero attached hydrogens (tertiary/aromatic N) is 2. The lowest BCUT2D eigenvalue weighted by Crippen LogP contribution is -1.86. The van der Waals surface area contributed by atoms with E-state index in [9.17, 15) is 0 Å². The first-order chi connectivity index (χ1) is 4.24. The highest BCUT2D eigenvalue weighted by Crippen LogP contribution is 1.99. The number of hydrogen-bond donors (Lipinski definition) is 0. The molecule has 1 aromatic heterocycles. The van der Waals surface area contributed by atoms with Crippen molar-refractivity contribution in [3.05, 3.63) is 24.3 Å². The van der Waals surface area contributed by atoms with Crippen molar-refractivity contribution in [3.8, 4) is 0 Å². The highest BCUT2D eigenvalue weighted by molar-refractivity contribution is 5.40. The van der Waals surface area contributed by atoms with Crippen LogP contribution in [0.15, 0.2) is 12.8 Å². The first-order valence-electron chi connectivity index (χ1n) is 2.86. The Morgan fingerprint density at radius 2 is 2.44 bits per heavy atom. The van der Waals surface area contributed by atoms with Gasteiger partial charge in [-0.1, -0.05) is 6.58 Å². The second-order valence-electron chi connectivity index (χ2n) is 2.03. The lowest BCUT2D eigenvalue weighted by molar-refractivity contribution is 0.858. The van der Waals surface area contributed by atoms with Crippen LogP contribution in [0.5, 0.6) is 0 Å². The van der Waals surface area contributed by atoms with Gasteiger partial charge in [-0.2, -0.15) is 0 Å². The molecule has 0 radical (unpaired) electrons. The average Bonchev–Trinajstić information content (AvgIpc) is 2.13. The zero-order valence-corrected chi connectivity index (χ0v) is 5.76. The van der Waals surface area contributed by atoms with E-state index in [0.29, 0.717) is 0 Å². The molecule has 0 unspecified atom stereocenters. The normalized spacial score (nSPS) is 9.56. The molecule has 1 heterocycles. The van der Waals surface area contributed by atoms with Gasteiger partial charge in [0.1, 0.15) is 5.82 Å². The van der Waals surface area contributed by atoms with Crippen LogP contribution in [0, 0.1) is 6.92 Å². The lowest BCUT2D eigenvalue weighted by Gasteiger charge is -1.87. The summed E-state index contributed by atoms with van der Waals surface area (Å²) in [5.74, 6) is 1.02. The lowest BCUT2D eigenvalue weighted by atomic mass is 10.5. The maximum Gasteiger partial charge on any atom is 0.105 e. The van der Waals surface area contributed by atoms with Crippen LogP contribution in [0.4, 0.5) is 0 Å². The molecule has 0 bridgehead atoms. The standard InChI is InChI=1S/C7H10N2/c1-4-7-5-9(3)6(2)8-7/h4-5H,1H2,2-3H3. The van der Waals surface area contributed by atoms with Crippen molar-refractivity contribution in [2.24, 2.45) is 7.05 Å². The van der Waals surface area contributed by atoms with Gasteiger partial charge in [-0.15, -0.1) is 0 Å². The Kier molecular flexibility index (Phi) is 1.39. The first kappa shape index (κ1) is 6.08. The van der Waals surface area contributed by atoms with Gasteiger partial charge in [-0.3, -0.25) is 0 Å². The molecule has 1 rings (SSSR count). The Labute approximate surface area is 54.8 Å². The third-order valence-corrected chi connectivity index (χ3v) is 1.34. The van der Waals surface area contributed by atoms with Crippen LogP contribution in [0.1, 0.15) is 11.5 Å². The SMILES string of the molecule is C=Cc1cn(C)c(C)n1. The summed E-state index contributed by atoms with van der Waals surface area (Å²) >= 11 is 0. The van der Waals surface area contributed by atoms with Crippen LogP contribution in [0.2, 0.25) is 0 Å². The Bertz CT molecular complexity index is 203. The molecule has 0 saturated carbocycles. The van der Waals surface area contributed by atoms with Gasteiger partial charge in [0, 0.05) is 13.2 Å². The fourth-order valence-corrected chi connectivity index (χ4v) is 0.685. The first-order valence-corrected chi connectivity index (χ1v) is 2.86. The summed E-state index contributed by atoms with van der Waals surface area (Å²) in [4.78, 5) is 4.17. The second-order valence-corrected chi connectivity index (χ2v) is 2.03. The molecule has 0 aliphatic carbocycles. The van der Waals surface area contributed by atoms with E-state index in [2.05, 4.69) is 11.6 Å².